The van der Waals surface area contributed by atoms with Crippen molar-refractivity contribution in [3.05, 3.63) is 0 Å². The minimum Gasteiger partial charge on any atom is -0.448 e. The lowest BCUT2D eigenvalue weighted by Crippen LogP contribution is -2.02. The molecule has 0 aromatic rings. The Hall–Kier alpha value is -0.240. The Kier molecular flexibility index (Phi) is 6.71. The van der Waals surface area contributed by atoms with Gasteiger partial charge in [-0.15, -0.1) is 0 Å². The summed E-state index contributed by atoms with van der Waals surface area (Å²) in [4.78, 5) is 9.74. The Labute approximate surface area is 66.5 Å². The second-order valence-corrected chi connectivity index (χ2v) is 2.62. The minimum atomic E-state index is -0.427. The molecule has 0 saturated heterocycles. The van der Waals surface area contributed by atoms with Gasteiger partial charge in [-0.3, -0.25) is 4.79 Å². The van der Waals surface area contributed by atoms with Crippen molar-refractivity contribution < 1.29 is 9.53 Å². The van der Waals surface area contributed by atoms with E-state index in [4.69, 9.17) is 11.6 Å². The van der Waals surface area contributed by atoms with Gasteiger partial charge in [-0.1, -0.05) is 31.4 Å². The number of carbonyl (C=O) groups excluding carboxylic acids is 1. The highest BCUT2D eigenvalue weighted by Crippen LogP contribution is 2.08. The summed E-state index contributed by atoms with van der Waals surface area (Å²) in [6.07, 6.45) is 4.09. The standard InChI is InChI=1S/C7H13ClO2/c1-2-3-4-5-7(8)10-6-9/h6-7H,2-5H2,1H3. The second kappa shape index (κ2) is 6.87. The molecule has 0 heterocycles. The molecule has 0 spiro atoms. The molecule has 0 bridgehead atoms. The maximum Gasteiger partial charge on any atom is 0.294 e. The van der Waals surface area contributed by atoms with Crippen LogP contribution in [0.15, 0.2) is 0 Å². The van der Waals surface area contributed by atoms with Crippen LogP contribution in [0, 0.1) is 0 Å². The first-order valence-corrected chi connectivity index (χ1v) is 3.98. The Balaban J connectivity index is 3.04. The first kappa shape index (κ1) is 9.76. The lowest BCUT2D eigenvalue weighted by atomic mass is 10.2. The van der Waals surface area contributed by atoms with Gasteiger partial charge < -0.3 is 4.74 Å². The molecule has 0 aromatic carbocycles. The predicted molar refractivity (Wildman–Crippen MR) is 40.9 cm³/mol. The number of halogens is 1. The lowest BCUT2D eigenvalue weighted by Gasteiger charge is -2.04. The topological polar surface area (TPSA) is 26.3 Å². The number of ether oxygens (including phenoxy) is 1. The molecule has 3 heteroatoms. The number of unbranched alkanes of at least 4 members (excludes halogenated alkanes) is 2. The van der Waals surface area contributed by atoms with Gasteiger partial charge in [-0.2, -0.15) is 0 Å². The van der Waals surface area contributed by atoms with Crippen molar-refractivity contribution in [2.75, 3.05) is 0 Å². The van der Waals surface area contributed by atoms with E-state index in [1.807, 2.05) is 0 Å². The Morgan fingerprint density at radius 3 is 2.80 bits per heavy atom. The molecule has 2 nitrogen and oxygen atoms in total. The van der Waals surface area contributed by atoms with Crippen LogP contribution in [-0.2, 0) is 9.53 Å². The van der Waals surface area contributed by atoms with Crippen LogP contribution in [0.3, 0.4) is 0 Å². The summed E-state index contributed by atoms with van der Waals surface area (Å²) in [5.74, 6) is 0. The predicted octanol–water partition coefficient (Wildman–Crippen LogP) is 2.30. The van der Waals surface area contributed by atoms with Crippen LogP contribution in [-0.4, -0.2) is 12.0 Å². The smallest absolute Gasteiger partial charge is 0.294 e. The molecule has 0 aliphatic heterocycles. The average molecular weight is 165 g/mol. The fourth-order valence-electron chi connectivity index (χ4n) is 0.683. The van der Waals surface area contributed by atoms with Crippen LogP contribution in [0.4, 0.5) is 0 Å². The molecule has 0 aliphatic rings. The van der Waals surface area contributed by atoms with Crippen LogP contribution in [0.1, 0.15) is 32.6 Å². The second-order valence-electron chi connectivity index (χ2n) is 2.14. The van der Waals surface area contributed by atoms with E-state index in [1.54, 1.807) is 0 Å². The third-order valence-electron chi connectivity index (χ3n) is 1.24. The molecule has 1 unspecified atom stereocenters. The molecular formula is C7H13ClO2. The molecule has 0 aromatic heterocycles. The van der Waals surface area contributed by atoms with Crippen molar-refractivity contribution in [1.29, 1.82) is 0 Å². The average Bonchev–Trinajstić information content (AvgIpc) is 1.89. The van der Waals surface area contributed by atoms with Crippen molar-refractivity contribution in [2.24, 2.45) is 0 Å². The van der Waals surface area contributed by atoms with E-state index in [1.165, 1.54) is 0 Å². The number of hydrogen-bond acceptors (Lipinski definition) is 2. The van der Waals surface area contributed by atoms with E-state index in [-0.39, 0.29) is 0 Å². The lowest BCUT2D eigenvalue weighted by molar-refractivity contribution is -0.130. The van der Waals surface area contributed by atoms with Gasteiger partial charge in [0, 0.05) is 0 Å². The van der Waals surface area contributed by atoms with E-state index in [2.05, 4.69) is 11.7 Å². The summed E-state index contributed by atoms with van der Waals surface area (Å²) in [6.45, 7) is 2.51. The molecule has 0 rings (SSSR count). The largest absolute Gasteiger partial charge is 0.448 e. The number of alkyl halides is 1. The first-order chi connectivity index (χ1) is 4.81. The first-order valence-electron chi connectivity index (χ1n) is 3.54. The van der Waals surface area contributed by atoms with Gasteiger partial charge in [-0.05, 0) is 12.8 Å². The summed E-state index contributed by atoms with van der Waals surface area (Å²) in [5, 5.41) is 0. The fraction of sp³-hybridized carbons (Fsp3) is 0.857. The van der Waals surface area contributed by atoms with E-state index in [9.17, 15) is 4.79 Å². The zero-order valence-electron chi connectivity index (χ0n) is 6.18. The number of carbonyl (C=O) groups is 1. The maximum absolute atomic E-state index is 9.74. The molecule has 0 saturated carbocycles. The van der Waals surface area contributed by atoms with Gasteiger partial charge in [0.25, 0.3) is 6.47 Å². The highest BCUT2D eigenvalue weighted by atomic mass is 35.5. The van der Waals surface area contributed by atoms with Gasteiger partial charge in [0.15, 0.2) is 5.56 Å². The highest BCUT2D eigenvalue weighted by molar-refractivity contribution is 6.19. The SMILES string of the molecule is CCCCCC(Cl)OC=O. The molecule has 1 atom stereocenters. The zero-order chi connectivity index (χ0) is 7.82. The quantitative estimate of drug-likeness (QED) is 0.342. The highest BCUT2D eigenvalue weighted by Gasteiger charge is 2.01. The van der Waals surface area contributed by atoms with Crippen LogP contribution in [0.2, 0.25) is 0 Å². The summed E-state index contributed by atoms with van der Waals surface area (Å²) in [5.41, 5.74) is -0.427. The normalized spacial score (nSPS) is 12.6. The fourth-order valence-corrected chi connectivity index (χ4v) is 0.879. The molecule has 10 heavy (non-hydrogen) atoms. The molecule has 0 fully saturated rings. The van der Waals surface area contributed by atoms with Crippen LogP contribution in [0.5, 0.6) is 0 Å². The molecular weight excluding hydrogens is 152 g/mol. The van der Waals surface area contributed by atoms with Crippen molar-refractivity contribution in [3.63, 3.8) is 0 Å². The monoisotopic (exact) mass is 164 g/mol. The summed E-state index contributed by atoms with van der Waals surface area (Å²) in [7, 11) is 0. The Morgan fingerprint density at radius 2 is 2.30 bits per heavy atom. The van der Waals surface area contributed by atoms with Gasteiger partial charge in [0.05, 0.1) is 0 Å². The molecule has 0 N–H and O–H groups in total. The van der Waals surface area contributed by atoms with Crippen molar-refractivity contribution >= 4 is 18.1 Å². The van der Waals surface area contributed by atoms with Gasteiger partial charge in [0.1, 0.15) is 0 Å². The van der Waals surface area contributed by atoms with Crippen LogP contribution < -0.4 is 0 Å². The number of rotatable bonds is 6. The van der Waals surface area contributed by atoms with Gasteiger partial charge in [0.2, 0.25) is 0 Å². The van der Waals surface area contributed by atoms with E-state index < -0.39 is 5.56 Å². The van der Waals surface area contributed by atoms with Gasteiger partial charge in [-0.25, -0.2) is 0 Å². The van der Waals surface area contributed by atoms with E-state index in [0.29, 0.717) is 6.47 Å². The molecule has 0 amide bonds. The Bertz CT molecular complexity index is 85.7. The third kappa shape index (κ3) is 5.89. The van der Waals surface area contributed by atoms with E-state index >= 15 is 0 Å². The Morgan fingerprint density at radius 1 is 1.60 bits per heavy atom. The van der Waals surface area contributed by atoms with Crippen LogP contribution >= 0.6 is 11.6 Å². The summed E-state index contributed by atoms with van der Waals surface area (Å²) in [6, 6.07) is 0. The summed E-state index contributed by atoms with van der Waals surface area (Å²) < 4.78 is 4.47. The van der Waals surface area contributed by atoms with Crippen molar-refractivity contribution in [3.8, 4) is 0 Å². The summed E-state index contributed by atoms with van der Waals surface area (Å²) >= 11 is 5.56. The third-order valence-corrected chi connectivity index (χ3v) is 1.56. The van der Waals surface area contributed by atoms with Crippen molar-refractivity contribution in [2.45, 2.75) is 38.2 Å². The molecule has 0 radical (unpaired) electrons. The zero-order valence-corrected chi connectivity index (χ0v) is 6.93. The maximum atomic E-state index is 9.74. The van der Waals surface area contributed by atoms with Gasteiger partial charge >= 0.3 is 0 Å². The minimum absolute atomic E-state index is 0.392. The molecule has 0 aliphatic carbocycles. The number of hydrogen-bond donors (Lipinski definition) is 0. The van der Waals surface area contributed by atoms with Crippen LogP contribution in [0.25, 0.3) is 0 Å². The van der Waals surface area contributed by atoms with E-state index in [0.717, 1.165) is 25.7 Å². The van der Waals surface area contributed by atoms with Crippen molar-refractivity contribution in [1.82, 2.24) is 0 Å². The molecule has 60 valence electrons.